The number of hydrogen-bond donors (Lipinski definition) is 3. The van der Waals surface area contributed by atoms with Crippen molar-refractivity contribution in [3.8, 4) is 0 Å². The van der Waals surface area contributed by atoms with Crippen LogP contribution in [0.5, 0.6) is 0 Å². The van der Waals surface area contributed by atoms with Crippen LogP contribution in [-0.2, 0) is 18.3 Å². The molecule has 26 heavy (non-hydrogen) atoms. The van der Waals surface area contributed by atoms with Crippen LogP contribution in [0.2, 0.25) is 0 Å². The largest absolute Gasteiger partial charge is 0.350 e. The van der Waals surface area contributed by atoms with Gasteiger partial charge in [-0.05, 0) is 19.4 Å². The van der Waals surface area contributed by atoms with Gasteiger partial charge in [-0.15, -0.1) is 0 Å². The molecule has 0 saturated carbocycles. The molecule has 1 aromatic carbocycles. The van der Waals surface area contributed by atoms with E-state index >= 15 is 0 Å². The Kier molecular flexibility index (Phi) is 4.83. The Bertz CT molecular complexity index is 1100. The van der Waals surface area contributed by atoms with Gasteiger partial charge in [0.05, 0.1) is 6.21 Å². The minimum atomic E-state index is -0.555. The van der Waals surface area contributed by atoms with Gasteiger partial charge in [-0.1, -0.05) is 18.2 Å². The molecule has 0 aliphatic rings. The van der Waals surface area contributed by atoms with E-state index in [4.69, 9.17) is 0 Å². The Morgan fingerprint density at radius 3 is 2.81 bits per heavy atom. The van der Waals surface area contributed by atoms with Gasteiger partial charge in [-0.25, -0.2) is 10.2 Å². The molecular weight excluding hydrogens is 334 g/mol. The minimum absolute atomic E-state index is 0.0862. The molecule has 2 aromatic heterocycles. The second kappa shape index (κ2) is 7.22. The number of aromatic nitrogens is 3. The third-order valence-corrected chi connectivity index (χ3v) is 4.18. The van der Waals surface area contributed by atoms with Crippen molar-refractivity contribution in [2.75, 3.05) is 0 Å². The van der Waals surface area contributed by atoms with Gasteiger partial charge in [-0.2, -0.15) is 5.10 Å². The zero-order chi connectivity index (χ0) is 18.7. The van der Waals surface area contributed by atoms with Crippen LogP contribution < -0.4 is 16.7 Å². The lowest BCUT2D eigenvalue weighted by Crippen LogP contribution is -2.28. The Labute approximate surface area is 148 Å². The zero-order valence-electron chi connectivity index (χ0n) is 14.5. The molecule has 3 N–H and O–H groups in total. The maximum Gasteiger partial charge on any atom is 0.325 e. The number of aryl methyl sites for hydroxylation is 2. The average molecular weight is 353 g/mol. The van der Waals surface area contributed by atoms with Gasteiger partial charge in [0.25, 0.3) is 5.56 Å². The van der Waals surface area contributed by atoms with E-state index in [1.54, 1.807) is 13.1 Å². The van der Waals surface area contributed by atoms with E-state index in [1.807, 2.05) is 42.1 Å². The highest BCUT2D eigenvalue weighted by molar-refractivity contribution is 5.99. The summed E-state index contributed by atoms with van der Waals surface area (Å²) in [6, 6.07) is 7.91. The lowest BCUT2D eigenvalue weighted by atomic mass is 10.1. The standard InChI is InChI=1S/C18H19N5O3/c1-11-13(17(25)21-18(26)20-11)7-8-16(24)22-19-9-12-10-23(2)15-6-4-3-5-14(12)15/h3-6,9-10H,7-8H2,1-2H3,(H,22,24)(H2,20,21,25,26)/b19-9+. The van der Waals surface area contributed by atoms with Crippen molar-refractivity contribution >= 4 is 23.0 Å². The average Bonchev–Trinajstić information content (AvgIpc) is 2.90. The second-order valence-corrected chi connectivity index (χ2v) is 6.02. The summed E-state index contributed by atoms with van der Waals surface area (Å²) in [5.74, 6) is -0.313. The van der Waals surface area contributed by atoms with Crippen LogP contribution in [0.4, 0.5) is 0 Å². The Balaban J connectivity index is 1.63. The number of H-pyrrole nitrogens is 2. The second-order valence-electron chi connectivity index (χ2n) is 6.02. The van der Waals surface area contributed by atoms with Crippen molar-refractivity contribution in [2.45, 2.75) is 19.8 Å². The number of para-hydroxylation sites is 1. The van der Waals surface area contributed by atoms with Crippen molar-refractivity contribution in [1.29, 1.82) is 0 Å². The van der Waals surface area contributed by atoms with Gasteiger partial charge in [0.1, 0.15) is 0 Å². The molecule has 1 amide bonds. The third kappa shape index (κ3) is 3.64. The van der Waals surface area contributed by atoms with Gasteiger partial charge >= 0.3 is 5.69 Å². The number of hydrazone groups is 1. The highest BCUT2D eigenvalue weighted by Crippen LogP contribution is 2.18. The van der Waals surface area contributed by atoms with E-state index in [0.29, 0.717) is 11.3 Å². The highest BCUT2D eigenvalue weighted by Gasteiger charge is 2.09. The maximum atomic E-state index is 12.0. The Morgan fingerprint density at radius 2 is 2.04 bits per heavy atom. The molecule has 8 heteroatoms. The SMILES string of the molecule is Cc1[nH]c(=O)[nH]c(=O)c1CCC(=O)N/N=C/c1cn(C)c2ccccc12. The monoisotopic (exact) mass is 353 g/mol. The normalized spacial score (nSPS) is 11.3. The quantitative estimate of drug-likeness (QED) is 0.469. The molecule has 3 rings (SSSR count). The first-order valence-electron chi connectivity index (χ1n) is 8.14. The number of nitrogens with zero attached hydrogens (tertiary/aromatic N) is 2. The number of aromatic amines is 2. The molecule has 0 aliphatic heterocycles. The van der Waals surface area contributed by atoms with Crippen LogP contribution in [0.1, 0.15) is 23.2 Å². The van der Waals surface area contributed by atoms with Crippen LogP contribution >= 0.6 is 0 Å². The number of nitrogens with one attached hydrogen (secondary N) is 3. The summed E-state index contributed by atoms with van der Waals surface area (Å²) < 4.78 is 1.99. The summed E-state index contributed by atoms with van der Waals surface area (Å²) in [6.45, 7) is 1.63. The molecule has 0 saturated heterocycles. The summed E-state index contributed by atoms with van der Waals surface area (Å²) >= 11 is 0. The minimum Gasteiger partial charge on any atom is -0.350 e. The van der Waals surface area contributed by atoms with Gasteiger partial charge in [0, 0.05) is 47.4 Å². The third-order valence-electron chi connectivity index (χ3n) is 4.18. The highest BCUT2D eigenvalue weighted by atomic mass is 16.2. The predicted octanol–water partition coefficient (Wildman–Crippen LogP) is 0.946. The smallest absolute Gasteiger partial charge is 0.325 e. The number of rotatable bonds is 5. The van der Waals surface area contributed by atoms with E-state index in [9.17, 15) is 14.4 Å². The van der Waals surface area contributed by atoms with E-state index in [2.05, 4.69) is 20.5 Å². The molecule has 0 unspecified atom stereocenters. The van der Waals surface area contributed by atoms with E-state index < -0.39 is 11.2 Å². The van der Waals surface area contributed by atoms with Crippen molar-refractivity contribution in [3.05, 3.63) is 68.1 Å². The van der Waals surface area contributed by atoms with Crippen LogP contribution in [0.25, 0.3) is 10.9 Å². The molecule has 8 nitrogen and oxygen atoms in total. The zero-order valence-corrected chi connectivity index (χ0v) is 14.5. The lowest BCUT2D eigenvalue weighted by molar-refractivity contribution is -0.121. The summed E-state index contributed by atoms with van der Waals surface area (Å²) in [4.78, 5) is 39.5. The summed E-state index contributed by atoms with van der Waals surface area (Å²) in [5, 5.41) is 5.04. The van der Waals surface area contributed by atoms with Crippen molar-refractivity contribution in [3.63, 3.8) is 0 Å². The van der Waals surface area contributed by atoms with Crippen LogP contribution in [0, 0.1) is 6.92 Å². The van der Waals surface area contributed by atoms with Gasteiger partial charge in [-0.3, -0.25) is 14.6 Å². The fourth-order valence-electron chi connectivity index (χ4n) is 2.87. The van der Waals surface area contributed by atoms with E-state index in [0.717, 1.165) is 16.5 Å². The molecule has 2 heterocycles. The Morgan fingerprint density at radius 1 is 1.27 bits per heavy atom. The predicted molar refractivity (Wildman–Crippen MR) is 99.4 cm³/mol. The number of hydrogen-bond acceptors (Lipinski definition) is 4. The molecule has 134 valence electrons. The fraction of sp³-hybridized carbons (Fsp3) is 0.222. The molecule has 0 aliphatic carbocycles. The number of benzene rings is 1. The fourth-order valence-corrected chi connectivity index (χ4v) is 2.87. The molecule has 0 bridgehead atoms. The molecule has 0 spiro atoms. The molecule has 0 radical (unpaired) electrons. The van der Waals surface area contributed by atoms with Crippen LogP contribution in [-0.4, -0.2) is 26.7 Å². The first-order valence-corrected chi connectivity index (χ1v) is 8.14. The molecule has 0 fully saturated rings. The molecule has 3 aromatic rings. The first-order chi connectivity index (χ1) is 12.5. The molecule has 0 atom stereocenters. The summed E-state index contributed by atoms with van der Waals surface area (Å²) in [7, 11) is 1.95. The Hall–Kier alpha value is -3.42. The topological polar surface area (TPSA) is 112 Å². The van der Waals surface area contributed by atoms with Gasteiger partial charge in [0.2, 0.25) is 5.91 Å². The van der Waals surface area contributed by atoms with Crippen LogP contribution in [0.15, 0.2) is 45.2 Å². The van der Waals surface area contributed by atoms with Crippen molar-refractivity contribution in [2.24, 2.45) is 12.1 Å². The van der Waals surface area contributed by atoms with Crippen LogP contribution in [0.3, 0.4) is 0 Å². The number of carbonyl (C=O) groups is 1. The number of amides is 1. The molecular formula is C18H19N5O3. The maximum absolute atomic E-state index is 12.0. The van der Waals surface area contributed by atoms with Crippen molar-refractivity contribution < 1.29 is 4.79 Å². The number of carbonyl (C=O) groups excluding carboxylic acids is 1. The van der Waals surface area contributed by atoms with Crippen molar-refractivity contribution in [1.82, 2.24) is 20.0 Å². The van der Waals surface area contributed by atoms with E-state index in [1.165, 1.54) is 0 Å². The summed E-state index contributed by atoms with van der Waals surface area (Å²) in [5.41, 5.74) is 4.26. The van der Waals surface area contributed by atoms with Gasteiger partial charge < -0.3 is 9.55 Å². The van der Waals surface area contributed by atoms with Gasteiger partial charge in [0.15, 0.2) is 0 Å². The first kappa shape index (κ1) is 17.4. The number of fused-ring (bicyclic) bond motifs is 1. The lowest BCUT2D eigenvalue weighted by Gasteiger charge is -2.03. The van der Waals surface area contributed by atoms with E-state index in [-0.39, 0.29) is 18.7 Å². The summed E-state index contributed by atoms with van der Waals surface area (Å²) in [6.07, 6.45) is 3.83.